The van der Waals surface area contributed by atoms with Gasteiger partial charge in [-0.1, -0.05) is 146 Å². The second kappa shape index (κ2) is 12.3. The topological polar surface area (TPSA) is 29.5 Å². The molecular formula is C41H33NO2P2. The zero-order valence-electron chi connectivity index (χ0n) is 25.7. The summed E-state index contributed by atoms with van der Waals surface area (Å²) in [5.74, 6) is 0. The van der Waals surface area contributed by atoms with E-state index in [0.717, 1.165) is 32.7 Å². The van der Waals surface area contributed by atoms with Crippen molar-refractivity contribution in [3.05, 3.63) is 163 Å². The van der Waals surface area contributed by atoms with Gasteiger partial charge in [0, 0.05) is 23.9 Å². The SMILES string of the molecule is CC(c1ccccc1P(c1ccccc1)c1ccccc1)N(C)p1oc2ccc3ccccc3c2c2c(ccc3ccccc32)o1. The molecule has 0 radical (unpaired) electrons. The molecule has 0 spiro atoms. The lowest BCUT2D eigenvalue weighted by molar-refractivity contribution is 0.613. The maximum absolute atomic E-state index is 6.94. The van der Waals surface area contributed by atoms with Gasteiger partial charge in [0.2, 0.25) is 0 Å². The third-order valence-electron chi connectivity index (χ3n) is 8.86. The summed E-state index contributed by atoms with van der Waals surface area (Å²) in [5.41, 5.74) is 2.98. The summed E-state index contributed by atoms with van der Waals surface area (Å²) in [6.07, 6.45) is 0. The third-order valence-corrected chi connectivity index (χ3v) is 12.9. The van der Waals surface area contributed by atoms with Gasteiger partial charge in [0.1, 0.15) is 11.2 Å². The van der Waals surface area contributed by atoms with Gasteiger partial charge >= 0.3 is 8.16 Å². The summed E-state index contributed by atoms with van der Waals surface area (Å²) in [6.45, 7) is 2.27. The highest BCUT2D eigenvalue weighted by Gasteiger charge is 2.26. The van der Waals surface area contributed by atoms with Gasteiger partial charge in [-0.25, -0.2) is 0 Å². The minimum absolute atomic E-state index is 0.0191. The number of hydrogen-bond donors (Lipinski definition) is 0. The molecule has 0 saturated heterocycles. The van der Waals surface area contributed by atoms with Crippen molar-refractivity contribution in [2.45, 2.75) is 13.0 Å². The zero-order valence-corrected chi connectivity index (χ0v) is 27.5. The molecule has 0 amide bonds. The maximum Gasteiger partial charge on any atom is 0.309 e. The van der Waals surface area contributed by atoms with Crippen LogP contribution in [0.3, 0.4) is 0 Å². The lowest BCUT2D eigenvalue weighted by Gasteiger charge is -2.28. The first-order chi connectivity index (χ1) is 22.7. The van der Waals surface area contributed by atoms with Crippen molar-refractivity contribution in [2.24, 2.45) is 0 Å². The normalized spacial score (nSPS) is 12.4. The van der Waals surface area contributed by atoms with Crippen LogP contribution in [0.25, 0.3) is 43.5 Å². The van der Waals surface area contributed by atoms with Gasteiger partial charge in [-0.3, -0.25) is 0 Å². The fraction of sp³-hybridized carbons (Fsp3) is 0.0732. The highest BCUT2D eigenvalue weighted by atomic mass is 31.1. The standard InChI is InChI=1S/C41H33NO2P2/c1-29(34-21-13-14-24-39(34)45(32-17-5-3-6-18-32)33-19-7-4-8-20-33)42(2)46-43-37-27-25-30-15-9-11-22-35(30)40(37)41-36-23-12-10-16-31(36)26-28-38(41)44-46/h3-29H,1-2H3. The summed E-state index contributed by atoms with van der Waals surface area (Å²) in [7, 11) is -0.146. The second-order valence-corrected chi connectivity index (χ2v) is 15.2. The zero-order chi connectivity index (χ0) is 31.0. The highest BCUT2D eigenvalue weighted by molar-refractivity contribution is 7.79. The van der Waals surface area contributed by atoms with Gasteiger partial charge in [0.15, 0.2) is 0 Å². The average molecular weight is 634 g/mol. The van der Waals surface area contributed by atoms with Gasteiger partial charge < -0.3 is 8.39 Å². The fourth-order valence-electron chi connectivity index (χ4n) is 6.46. The molecule has 5 heteroatoms. The highest BCUT2D eigenvalue weighted by Crippen LogP contribution is 2.44. The minimum Gasteiger partial charge on any atom is -0.408 e. The predicted molar refractivity (Wildman–Crippen MR) is 199 cm³/mol. The van der Waals surface area contributed by atoms with Crippen molar-refractivity contribution >= 4 is 75.5 Å². The number of nitrogens with zero attached hydrogens (tertiary/aromatic N) is 1. The summed E-state index contributed by atoms with van der Waals surface area (Å²) >= 11 is 0. The molecule has 3 nitrogen and oxygen atoms in total. The number of rotatable bonds is 6. The molecule has 8 rings (SSSR count). The van der Waals surface area contributed by atoms with Gasteiger partial charge in [-0.15, -0.1) is 0 Å². The molecule has 1 atom stereocenters. The quantitative estimate of drug-likeness (QED) is 0.171. The molecule has 0 aliphatic carbocycles. The van der Waals surface area contributed by atoms with Crippen LogP contribution in [0.1, 0.15) is 18.5 Å². The van der Waals surface area contributed by atoms with E-state index >= 15 is 0 Å². The molecule has 1 aromatic heterocycles. The molecule has 1 unspecified atom stereocenters. The Bertz CT molecular complexity index is 2230. The lowest BCUT2D eigenvalue weighted by Crippen LogP contribution is -2.28. The minimum atomic E-state index is -1.51. The van der Waals surface area contributed by atoms with Crippen LogP contribution in [0.15, 0.2) is 166 Å². The number of fused-ring (bicyclic) bond motifs is 7. The Labute approximate surface area is 271 Å². The molecular weight excluding hydrogens is 600 g/mol. The Morgan fingerprint density at radius 2 is 0.978 bits per heavy atom. The molecule has 8 aromatic rings. The van der Waals surface area contributed by atoms with Crippen LogP contribution in [0, 0.1) is 0 Å². The first-order valence-corrected chi connectivity index (χ1v) is 18.1. The monoisotopic (exact) mass is 633 g/mol. The summed E-state index contributed by atoms with van der Waals surface area (Å²) in [5, 5.41) is 10.9. The van der Waals surface area contributed by atoms with Crippen molar-refractivity contribution in [1.29, 1.82) is 0 Å². The smallest absolute Gasteiger partial charge is 0.309 e. The molecule has 0 fully saturated rings. The fourth-order valence-corrected chi connectivity index (χ4v) is 10.3. The second-order valence-electron chi connectivity index (χ2n) is 11.6. The van der Waals surface area contributed by atoms with E-state index in [2.05, 4.69) is 176 Å². The van der Waals surface area contributed by atoms with Crippen LogP contribution in [-0.4, -0.2) is 7.05 Å². The van der Waals surface area contributed by atoms with Gasteiger partial charge in [-0.05, 0) is 70.0 Å². The van der Waals surface area contributed by atoms with Gasteiger partial charge in [0.05, 0.1) is 0 Å². The molecule has 0 bridgehead atoms. The maximum atomic E-state index is 6.94. The molecule has 1 heterocycles. The Hall–Kier alpha value is -4.65. The Balaban J connectivity index is 1.33. The number of benzene rings is 7. The van der Waals surface area contributed by atoms with E-state index in [1.54, 1.807) is 0 Å². The van der Waals surface area contributed by atoms with E-state index in [1.165, 1.54) is 32.2 Å². The first-order valence-electron chi connectivity index (χ1n) is 15.6. The van der Waals surface area contributed by atoms with Crippen LogP contribution in [0.4, 0.5) is 0 Å². The van der Waals surface area contributed by atoms with Crippen LogP contribution >= 0.6 is 16.1 Å². The molecule has 0 N–H and O–H groups in total. The third kappa shape index (κ3) is 5.12. The Kier molecular flexibility index (Phi) is 7.68. The first kappa shape index (κ1) is 28.8. The molecule has 224 valence electrons. The number of hydrogen-bond acceptors (Lipinski definition) is 3. The van der Waals surface area contributed by atoms with Crippen LogP contribution < -0.4 is 20.6 Å². The molecule has 0 saturated carbocycles. The van der Waals surface area contributed by atoms with E-state index in [-0.39, 0.29) is 6.04 Å². The average Bonchev–Trinajstić information content (AvgIpc) is 3.30. The van der Waals surface area contributed by atoms with Crippen LogP contribution in [0.5, 0.6) is 0 Å². The Morgan fingerprint density at radius 3 is 1.52 bits per heavy atom. The molecule has 7 aromatic carbocycles. The van der Waals surface area contributed by atoms with E-state index in [4.69, 9.17) is 8.39 Å². The Morgan fingerprint density at radius 1 is 0.522 bits per heavy atom. The predicted octanol–water partition coefficient (Wildman–Crippen LogP) is 10.7. The van der Waals surface area contributed by atoms with Gasteiger partial charge in [0.25, 0.3) is 0 Å². The van der Waals surface area contributed by atoms with Crippen molar-refractivity contribution in [3.63, 3.8) is 0 Å². The largest absolute Gasteiger partial charge is 0.408 e. The van der Waals surface area contributed by atoms with Crippen molar-refractivity contribution in [3.8, 4) is 0 Å². The van der Waals surface area contributed by atoms with Crippen LogP contribution in [0.2, 0.25) is 0 Å². The van der Waals surface area contributed by atoms with E-state index in [0.29, 0.717) is 0 Å². The van der Waals surface area contributed by atoms with Crippen molar-refractivity contribution in [2.75, 3.05) is 11.7 Å². The van der Waals surface area contributed by atoms with E-state index in [9.17, 15) is 0 Å². The van der Waals surface area contributed by atoms with E-state index < -0.39 is 16.1 Å². The lowest BCUT2D eigenvalue weighted by atomic mass is 9.99. The molecule has 0 aliphatic heterocycles. The summed E-state index contributed by atoms with van der Waals surface area (Å²) in [6, 6.07) is 56.3. The summed E-state index contributed by atoms with van der Waals surface area (Å²) in [4.78, 5) is 0. The molecule has 46 heavy (non-hydrogen) atoms. The van der Waals surface area contributed by atoms with Crippen molar-refractivity contribution < 1.29 is 8.39 Å². The van der Waals surface area contributed by atoms with Crippen LogP contribution in [-0.2, 0) is 0 Å². The molecule has 0 aliphatic rings. The van der Waals surface area contributed by atoms with E-state index in [1.807, 2.05) is 0 Å². The summed E-state index contributed by atoms with van der Waals surface area (Å²) < 4.78 is 16.2. The van der Waals surface area contributed by atoms with Crippen molar-refractivity contribution in [1.82, 2.24) is 0 Å². The van der Waals surface area contributed by atoms with Gasteiger partial charge in [-0.2, -0.15) is 4.67 Å².